The summed E-state index contributed by atoms with van der Waals surface area (Å²) in [5, 5.41) is 3.00. The van der Waals surface area contributed by atoms with Crippen LogP contribution < -0.4 is 11.1 Å². The van der Waals surface area contributed by atoms with Crippen LogP contribution in [0.2, 0.25) is 0 Å². The highest BCUT2D eigenvalue weighted by Gasteiger charge is 2.58. The molecule has 126 valence electrons. The first-order valence-electron chi connectivity index (χ1n) is 8.16. The minimum Gasteiger partial charge on any atom is -0.370 e. The highest BCUT2D eigenvalue weighted by atomic mass is 19.4. The van der Waals surface area contributed by atoms with Gasteiger partial charge in [-0.1, -0.05) is 18.6 Å². The molecular weight excluding hydrogens is 303 g/mol. The summed E-state index contributed by atoms with van der Waals surface area (Å²) in [7, 11) is 0. The second kappa shape index (κ2) is 6.06. The number of halogens is 3. The van der Waals surface area contributed by atoms with Gasteiger partial charge in [0.25, 0.3) is 0 Å². The van der Waals surface area contributed by atoms with E-state index in [1.807, 2.05) is 12.1 Å². The Bertz CT molecular complexity index is 604. The summed E-state index contributed by atoms with van der Waals surface area (Å²) in [5.74, 6) is 0.0690. The van der Waals surface area contributed by atoms with E-state index in [9.17, 15) is 13.2 Å². The highest BCUT2D eigenvalue weighted by molar-refractivity contribution is 5.93. The zero-order valence-corrected chi connectivity index (χ0v) is 13.0. The fourth-order valence-electron chi connectivity index (χ4n) is 3.45. The Morgan fingerprint density at radius 2 is 1.91 bits per heavy atom. The molecule has 6 heteroatoms. The molecule has 3 rings (SSSR count). The van der Waals surface area contributed by atoms with Gasteiger partial charge in [0.1, 0.15) is 0 Å². The molecule has 0 saturated heterocycles. The lowest BCUT2D eigenvalue weighted by Crippen LogP contribution is -2.46. The Morgan fingerprint density at radius 3 is 2.57 bits per heavy atom. The SMILES string of the molecule is NC(=NCC1(C(F)(F)F)CCC1)Nc1cccc2c1CCCC2. The molecule has 0 unspecified atom stereocenters. The van der Waals surface area contributed by atoms with Crippen LogP contribution in [-0.2, 0) is 12.8 Å². The van der Waals surface area contributed by atoms with E-state index >= 15 is 0 Å². The summed E-state index contributed by atoms with van der Waals surface area (Å²) in [6, 6.07) is 5.96. The molecule has 3 N–H and O–H groups in total. The fraction of sp³-hybridized carbons (Fsp3) is 0.588. The summed E-state index contributed by atoms with van der Waals surface area (Å²) >= 11 is 0. The van der Waals surface area contributed by atoms with Crippen molar-refractivity contribution in [3.05, 3.63) is 29.3 Å². The van der Waals surface area contributed by atoms with Crippen molar-refractivity contribution in [1.29, 1.82) is 0 Å². The molecular formula is C17H22F3N3. The molecule has 0 atom stereocenters. The third-order valence-electron chi connectivity index (χ3n) is 5.12. The largest absolute Gasteiger partial charge is 0.396 e. The predicted octanol–water partition coefficient (Wildman–Crippen LogP) is 4.02. The lowest BCUT2D eigenvalue weighted by atomic mass is 9.68. The molecule has 1 aromatic rings. The number of alkyl halides is 3. The van der Waals surface area contributed by atoms with Gasteiger partial charge in [-0.05, 0) is 55.7 Å². The summed E-state index contributed by atoms with van der Waals surface area (Å²) in [6.45, 7) is -0.287. The second-order valence-corrected chi connectivity index (χ2v) is 6.61. The van der Waals surface area contributed by atoms with Gasteiger partial charge in [-0.3, -0.25) is 4.99 Å². The van der Waals surface area contributed by atoms with Gasteiger partial charge in [-0.25, -0.2) is 0 Å². The van der Waals surface area contributed by atoms with Crippen molar-refractivity contribution >= 4 is 11.6 Å². The van der Waals surface area contributed by atoms with E-state index in [0.29, 0.717) is 6.42 Å². The lowest BCUT2D eigenvalue weighted by molar-refractivity contribution is -0.245. The number of rotatable bonds is 3. The first-order valence-corrected chi connectivity index (χ1v) is 8.16. The van der Waals surface area contributed by atoms with Crippen LogP contribution in [0.5, 0.6) is 0 Å². The molecule has 2 aliphatic rings. The van der Waals surface area contributed by atoms with Crippen LogP contribution in [0.4, 0.5) is 18.9 Å². The van der Waals surface area contributed by atoms with Gasteiger partial charge in [0.05, 0.1) is 12.0 Å². The predicted molar refractivity (Wildman–Crippen MR) is 85.5 cm³/mol. The number of nitrogens with zero attached hydrogens (tertiary/aromatic N) is 1. The minimum absolute atomic E-state index is 0.0690. The quantitative estimate of drug-likeness (QED) is 0.651. The highest BCUT2D eigenvalue weighted by Crippen LogP contribution is 2.53. The number of hydrogen-bond donors (Lipinski definition) is 2. The fourth-order valence-corrected chi connectivity index (χ4v) is 3.45. The number of aryl methyl sites for hydroxylation is 1. The average Bonchev–Trinajstić information content (AvgIpc) is 2.45. The van der Waals surface area contributed by atoms with Crippen molar-refractivity contribution in [3.63, 3.8) is 0 Å². The van der Waals surface area contributed by atoms with Crippen LogP contribution in [0.25, 0.3) is 0 Å². The molecule has 0 aliphatic heterocycles. The zero-order chi connectivity index (χ0) is 16.5. The molecule has 2 aliphatic carbocycles. The molecule has 0 spiro atoms. The maximum absolute atomic E-state index is 13.1. The molecule has 3 nitrogen and oxygen atoms in total. The van der Waals surface area contributed by atoms with E-state index in [1.54, 1.807) is 0 Å². The van der Waals surface area contributed by atoms with Crippen molar-refractivity contribution in [2.24, 2.45) is 16.1 Å². The molecule has 0 radical (unpaired) electrons. The number of benzene rings is 1. The van der Waals surface area contributed by atoms with Gasteiger partial charge >= 0.3 is 6.18 Å². The molecule has 0 aromatic heterocycles. The van der Waals surface area contributed by atoms with Crippen LogP contribution in [-0.4, -0.2) is 18.7 Å². The van der Waals surface area contributed by atoms with Crippen LogP contribution >= 0.6 is 0 Å². The van der Waals surface area contributed by atoms with E-state index < -0.39 is 11.6 Å². The Hall–Kier alpha value is -1.72. The number of guanidine groups is 1. The molecule has 1 aromatic carbocycles. The topological polar surface area (TPSA) is 50.4 Å². The van der Waals surface area contributed by atoms with Gasteiger partial charge in [0, 0.05) is 5.69 Å². The third-order valence-corrected chi connectivity index (χ3v) is 5.12. The summed E-state index contributed by atoms with van der Waals surface area (Å²) in [5.41, 5.74) is 7.55. The van der Waals surface area contributed by atoms with Crippen LogP contribution in [0.3, 0.4) is 0 Å². The Kier molecular flexibility index (Phi) is 4.25. The Balaban J connectivity index is 1.71. The number of aliphatic imine (C=N–C) groups is 1. The summed E-state index contributed by atoms with van der Waals surface area (Å²) in [4.78, 5) is 3.99. The van der Waals surface area contributed by atoms with Crippen molar-refractivity contribution < 1.29 is 13.2 Å². The zero-order valence-electron chi connectivity index (χ0n) is 13.0. The van der Waals surface area contributed by atoms with E-state index in [-0.39, 0.29) is 25.3 Å². The first-order chi connectivity index (χ1) is 10.9. The molecule has 0 bridgehead atoms. The standard InChI is InChI=1S/C17H22F3N3/c18-17(19,20)16(9-4-10-16)11-22-15(21)23-14-8-3-6-12-5-1-2-7-13(12)14/h3,6,8H,1-2,4-5,7,9-11H2,(H3,21,22,23). The molecule has 0 heterocycles. The maximum Gasteiger partial charge on any atom is 0.396 e. The number of anilines is 1. The Morgan fingerprint density at radius 1 is 1.17 bits per heavy atom. The van der Waals surface area contributed by atoms with Crippen molar-refractivity contribution in [3.8, 4) is 0 Å². The van der Waals surface area contributed by atoms with Crippen LogP contribution in [0.1, 0.15) is 43.2 Å². The van der Waals surface area contributed by atoms with Gasteiger partial charge in [0.15, 0.2) is 5.96 Å². The third kappa shape index (κ3) is 3.16. The van der Waals surface area contributed by atoms with E-state index in [1.165, 1.54) is 17.5 Å². The van der Waals surface area contributed by atoms with Crippen molar-refractivity contribution in [1.82, 2.24) is 0 Å². The van der Waals surface area contributed by atoms with Crippen molar-refractivity contribution in [2.75, 3.05) is 11.9 Å². The lowest BCUT2D eigenvalue weighted by Gasteiger charge is -2.41. The normalized spacial score (nSPS) is 20.6. The smallest absolute Gasteiger partial charge is 0.370 e. The molecule has 23 heavy (non-hydrogen) atoms. The summed E-state index contributed by atoms with van der Waals surface area (Å²) in [6.07, 6.45) is 1.00. The first kappa shape index (κ1) is 16.1. The number of nitrogens with two attached hydrogens (primary N) is 1. The van der Waals surface area contributed by atoms with Gasteiger partial charge in [-0.2, -0.15) is 13.2 Å². The molecule has 1 fully saturated rings. The van der Waals surface area contributed by atoms with Crippen LogP contribution in [0.15, 0.2) is 23.2 Å². The second-order valence-electron chi connectivity index (χ2n) is 6.61. The van der Waals surface area contributed by atoms with Crippen molar-refractivity contribution in [2.45, 2.75) is 51.1 Å². The number of hydrogen-bond acceptors (Lipinski definition) is 1. The number of nitrogens with one attached hydrogen (secondary N) is 1. The maximum atomic E-state index is 13.1. The van der Waals surface area contributed by atoms with Gasteiger partial charge in [-0.15, -0.1) is 0 Å². The van der Waals surface area contributed by atoms with E-state index in [4.69, 9.17) is 5.73 Å². The van der Waals surface area contributed by atoms with Gasteiger partial charge in [0.2, 0.25) is 0 Å². The van der Waals surface area contributed by atoms with Gasteiger partial charge < -0.3 is 11.1 Å². The summed E-state index contributed by atoms with van der Waals surface area (Å²) < 4.78 is 39.4. The Labute approximate surface area is 134 Å². The average molecular weight is 325 g/mol. The van der Waals surface area contributed by atoms with E-state index in [0.717, 1.165) is 24.9 Å². The van der Waals surface area contributed by atoms with Crippen LogP contribution in [0, 0.1) is 5.41 Å². The number of fused-ring (bicyclic) bond motifs is 1. The monoisotopic (exact) mass is 325 g/mol. The molecule has 1 saturated carbocycles. The van der Waals surface area contributed by atoms with E-state index in [2.05, 4.69) is 16.4 Å². The molecule has 0 amide bonds. The minimum atomic E-state index is -4.21.